The van der Waals surface area contributed by atoms with Crippen molar-refractivity contribution in [1.82, 2.24) is 5.32 Å². The molecule has 1 N–H and O–H groups in total. The fourth-order valence-electron chi connectivity index (χ4n) is 1.76. The molecule has 20 heavy (non-hydrogen) atoms. The average Bonchev–Trinajstić information content (AvgIpc) is 2.49. The molecule has 4 nitrogen and oxygen atoms in total. The zero-order valence-corrected chi connectivity index (χ0v) is 12.0. The van der Waals surface area contributed by atoms with Crippen LogP contribution in [0, 0.1) is 11.3 Å². The summed E-state index contributed by atoms with van der Waals surface area (Å²) in [5, 5.41) is 11.4. The fourth-order valence-corrected chi connectivity index (χ4v) is 1.76. The SMILES string of the molecule is CC[C@H](C#N)NC(=O)CCCOCCc1ccccc1. The van der Waals surface area contributed by atoms with Crippen LogP contribution in [-0.2, 0) is 16.0 Å². The number of ether oxygens (including phenoxy) is 1. The summed E-state index contributed by atoms with van der Waals surface area (Å²) in [6, 6.07) is 11.8. The van der Waals surface area contributed by atoms with Crippen molar-refractivity contribution >= 4 is 5.91 Å². The third-order valence-corrected chi connectivity index (χ3v) is 2.97. The molecular weight excluding hydrogens is 252 g/mol. The fraction of sp³-hybridized carbons (Fsp3) is 0.500. The molecule has 0 bridgehead atoms. The molecule has 1 amide bonds. The number of nitriles is 1. The molecule has 4 heteroatoms. The van der Waals surface area contributed by atoms with Crippen LogP contribution in [0.5, 0.6) is 0 Å². The first-order chi connectivity index (χ1) is 9.76. The zero-order chi connectivity index (χ0) is 14.6. The van der Waals surface area contributed by atoms with Crippen molar-refractivity contribution in [2.75, 3.05) is 13.2 Å². The van der Waals surface area contributed by atoms with Gasteiger partial charge >= 0.3 is 0 Å². The minimum Gasteiger partial charge on any atom is -0.381 e. The van der Waals surface area contributed by atoms with Crippen LogP contribution in [0.2, 0.25) is 0 Å². The summed E-state index contributed by atoms with van der Waals surface area (Å²) in [6.07, 6.45) is 2.61. The van der Waals surface area contributed by atoms with Gasteiger partial charge in [0.25, 0.3) is 0 Å². The Labute approximate surface area is 120 Å². The van der Waals surface area contributed by atoms with E-state index < -0.39 is 0 Å². The quantitative estimate of drug-likeness (QED) is 0.703. The van der Waals surface area contributed by atoms with E-state index >= 15 is 0 Å². The van der Waals surface area contributed by atoms with Crippen molar-refractivity contribution in [3.63, 3.8) is 0 Å². The number of hydrogen-bond donors (Lipinski definition) is 1. The first kappa shape index (κ1) is 16.2. The Hall–Kier alpha value is -1.86. The van der Waals surface area contributed by atoms with E-state index in [1.165, 1.54) is 5.56 Å². The number of benzene rings is 1. The normalized spacial score (nSPS) is 11.6. The van der Waals surface area contributed by atoms with Crippen LogP contribution >= 0.6 is 0 Å². The molecule has 1 rings (SSSR count). The van der Waals surface area contributed by atoms with Gasteiger partial charge in [0.05, 0.1) is 12.7 Å². The molecule has 0 unspecified atom stereocenters. The second kappa shape index (κ2) is 9.99. The van der Waals surface area contributed by atoms with E-state index in [0.29, 0.717) is 32.5 Å². The largest absolute Gasteiger partial charge is 0.381 e. The molecule has 0 aliphatic heterocycles. The zero-order valence-electron chi connectivity index (χ0n) is 12.0. The van der Waals surface area contributed by atoms with Crippen LogP contribution in [0.25, 0.3) is 0 Å². The van der Waals surface area contributed by atoms with Gasteiger partial charge in [-0.1, -0.05) is 37.3 Å². The van der Waals surface area contributed by atoms with Crippen molar-refractivity contribution in [3.8, 4) is 6.07 Å². The number of nitrogens with zero attached hydrogens (tertiary/aromatic N) is 1. The highest BCUT2D eigenvalue weighted by Gasteiger charge is 2.08. The number of amides is 1. The standard InChI is InChI=1S/C16H22N2O2/c1-2-15(13-17)18-16(19)9-6-11-20-12-10-14-7-4-3-5-8-14/h3-5,7-8,15H,2,6,9-12H2,1H3,(H,18,19)/t15-/m1/s1. The lowest BCUT2D eigenvalue weighted by atomic mass is 10.2. The van der Waals surface area contributed by atoms with E-state index in [1.54, 1.807) is 0 Å². The van der Waals surface area contributed by atoms with Crippen molar-refractivity contribution in [3.05, 3.63) is 35.9 Å². The molecule has 1 aromatic rings. The lowest BCUT2D eigenvalue weighted by Gasteiger charge is -2.09. The minimum absolute atomic E-state index is 0.0786. The summed E-state index contributed by atoms with van der Waals surface area (Å²) in [5.74, 6) is -0.0786. The molecule has 1 aromatic carbocycles. The van der Waals surface area contributed by atoms with E-state index in [9.17, 15) is 4.79 Å². The molecule has 0 fully saturated rings. The van der Waals surface area contributed by atoms with Gasteiger partial charge in [-0.25, -0.2) is 0 Å². The minimum atomic E-state index is -0.374. The predicted octanol–water partition coefficient (Wildman–Crippen LogP) is 2.44. The maximum absolute atomic E-state index is 11.5. The van der Waals surface area contributed by atoms with E-state index in [0.717, 1.165) is 6.42 Å². The Morgan fingerprint density at radius 3 is 2.75 bits per heavy atom. The highest BCUT2D eigenvalue weighted by Crippen LogP contribution is 2.00. The maximum atomic E-state index is 11.5. The van der Waals surface area contributed by atoms with Crippen molar-refractivity contribution < 1.29 is 9.53 Å². The molecule has 108 valence electrons. The Balaban J connectivity index is 2.02. The second-order valence-corrected chi connectivity index (χ2v) is 4.61. The van der Waals surface area contributed by atoms with Gasteiger partial charge < -0.3 is 10.1 Å². The average molecular weight is 274 g/mol. The van der Waals surface area contributed by atoms with Crippen LogP contribution in [0.3, 0.4) is 0 Å². The Morgan fingerprint density at radius 2 is 2.10 bits per heavy atom. The van der Waals surface area contributed by atoms with Crippen molar-refractivity contribution in [1.29, 1.82) is 5.26 Å². The molecule has 0 saturated carbocycles. The number of nitrogens with one attached hydrogen (secondary N) is 1. The van der Waals surface area contributed by atoms with E-state index in [1.807, 2.05) is 31.2 Å². The molecule has 0 radical (unpaired) electrons. The van der Waals surface area contributed by atoms with E-state index in [-0.39, 0.29) is 11.9 Å². The Bertz CT molecular complexity index is 426. The van der Waals surface area contributed by atoms with Gasteiger partial charge in [0, 0.05) is 13.0 Å². The van der Waals surface area contributed by atoms with Crippen LogP contribution in [0.15, 0.2) is 30.3 Å². The summed E-state index contributed by atoms with van der Waals surface area (Å²) < 4.78 is 5.50. The summed E-state index contributed by atoms with van der Waals surface area (Å²) >= 11 is 0. The topological polar surface area (TPSA) is 62.1 Å². The Kier molecular flexibility index (Phi) is 8.09. The number of carbonyl (C=O) groups excluding carboxylic acids is 1. The molecular formula is C16H22N2O2. The van der Waals surface area contributed by atoms with Gasteiger partial charge in [-0.15, -0.1) is 0 Å². The highest BCUT2D eigenvalue weighted by molar-refractivity contribution is 5.76. The predicted molar refractivity (Wildman–Crippen MR) is 78.0 cm³/mol. The summed E-state index contributed by atoms with van der Waals surface area (Å²) in [7, 11) is 0. The van der Waals surface area contributed by atoms with Crippen LogP contribution in [0.1, 0.15) is 31.7 Å². The first-order valence-electron chi connectivity index (χ1n) is 7.07. The first-order valence-corrected chi connectivity index (χ1v) is 7.07. The molecule has 0 spiro atoms. The molecule has 0 aliphatic rings. The van der Waals surface area contributed by atoms with Gasteiger partial charge in [-0.05, 0) is 24.8 Å². The van der Waals surface area contributed by atoms with Gasteiger partial charge in [0.1, 0.15) is 6.04 Å². The summed E-state index contributed by atoms with van der Waals surface area (Å²) in [5.41, 5.74) is 1.25. The van der Waals surface area contributed by atoms with Crippen molar-refractivity contribution in [2.24, 2.45) is 0 Å². The van der Waals surface area contributed by atoms with Crippen LogP contribution < -0.4 is 5.32 Å². The van der Waals surface area contributed by atoms with Crippen LogP contribution in [0.4, 0.5) is 0 Å². The molecule has 0 aliphatic carbocycles. The number of rotatable bonds is 9. The molecule has 0 saturated heterocycles. The highest BCUT2D eigenvalue weighted by atomic mass is 16.5. The molecule has 1 atom stereocenters. The van der Waals surface area contributed by atoms with Gasteiger partial charge in [0.2, 0.25) is 5.91 Å². The van der Waals surface area contributed by atoms with Gasteiger partial charge in [-0.3, -0.25) is 4.79 Å². The van der Waals surface area contributed by atoms with Crippen molar-refractivity contribution in [2.45, 2.75) is 38.6 Å². The number of hydrogen-bond acceptors (Lipinski definition) is 3. The lowest BCUT2D eigenvalue weighted by Crippen LogP contribution is -2.33. The molecule has 0 heterocycles. The van der Waals surface area contributed by atoms with E-state index in [4.69, 9.17) is 10.00 Å². The third kappa shape index (κ3) is 6.91. The maximum Gasteiger partial charge on any atom is 0.221 e. The summed E-state index contributed by atoms with van der Waals surface area (Å²) in [6.45, 7) is 3.12. The molecule has 0 aromatic heterocycles. The van der Waals surface area contributed by atoms with E-state index in [2.05, 4.69) is 17.4 Å². The van der Waals surface area contributed by atoms with Crippen LogP contribution in [-0.4, -0.2) is 25.2 Å². The monoisotopic (exact) mass is 274 g/mol. The number of carbonyl (C=O) groups is 1. The summed E-state index contributed by atoms with van der Waals surface area (Å²) in [4.78, 5) is 11.5. The van der Waals surface area contributed by atoms with Gasteiger partial charge in [0.15, 0.2) is 0 Å². The third-order valence-electron chi connectivity index (χ3n) is 2.97. The Morgan fingerprint density at radius 1 is 1.35 bits per heavy atom. The second-order valence-electron chi connectivity index (χ2n) is 4.61. The van der Waals surface area contributed by atoms with Gasteiger partial charge in [-0.2, -0.15) is 5.26 Å². The lowest BCUT2D eigenvalue weighted by molar-refractivity contribution is -0.121. The smallest absolute Gasteiger partial charge is 0.221 e.